The Hall–Kier alpha value is -4.08. The van der Waals surface area contributed by atoms with Gasteiger partial charge in [0.15, 0.2) is 0 Å². The quantitative estimate of drug-likeness (QED) is 0.562. The van der Waals surface area contributed by atoms with E-state index in [9.17, 15) is 19.2 Å². The third-order valence-electron chi connectivity index (χ3n) is 9.25. The van der Waals surface area contributed by atoms with Crippen LogP contribution >= 0.6 is 0 Å². The lowest BCUT2D eigenvalue weighted by Gasteiger charge is -2.49. The fourth-order valence-electron chi connectivity index (χ4n) is 7.94. The number of anilines is 2. The van der Waals surface area contributed by atoms with E-state index in [0.29, 0.717) is 48.8 Å². The average Bonchev–Trinajstić information content (AvgIpc) is 3.63. The third kappa shape index (κ3) is 2.67. The van der Waals surface area contributed by atoms with Gasteiger partial charge in [0, 0.05) is 38.3 Å². The number of carbonyl (C=O) groups excluding carboxylic acids is 4. The Labute approximate surface area is 220 Å². The number of methoxy groups -OCH3 is 2. The van der Waals surface area contributed by atoms with Gasteiger partial charge in [0.05, 0.1) is 25.0 Å². The fourth-order valence-corrected chi connectivity index (χ4v) is 7.94. The molecule has 4 amide bonds. The summed E-state index contributed by atoms with van der Waals surface area (Å²) < 4.78 is 11.2. The molecule has 2 fully saturated rings. The molecular formula is C28H30N4O6. The monoisotopic (exact) mass is 518 g/mol. The number of carbonyl (C=O) groups is 4. The van der Waals surface area contributed by atoms with E-state index in [2.05, 4.69) is 0 Å². The maximum atomic E-state index is 13.0. The van der Waals surface area contributed by atoms with Gasteiger partial charge in [-0.05, 0) is 60.4 Å². The maximum Gasteiger partial charge on any atom is 0.221 e. The number of likely N-dealkylation sites (tertiary alicyclic amines) is 2. The summed E-state index contributed by atoms with van der Waals surface area (Å²) >= 11 is 0. The van der Waals surface area contributed by atoms with Crippen molar-refractivity contribution in [3.05, 3.63) is 47.5 Å². The second kappa shape index (κ2) is 8.21. The number of rotatable bonds is 5. The van der Waals surface area contributed by atoms with Crippen molar-refractivity contribution in [1.82, 2.24) is 9.80 Å². The molecule has 38 heavy (non-hydrogen) atoms. The van der Waals surface area contributed by atoms with Crippen molar-refractivity contribution in [3.8, 4) is 11.5 Å². The summed E-state index contributed by atoms with van der Waals surface area (Å²) in [6.45, 7) is 3.88. The largest absolute Gasteiger partial charge is 0.497 e. The van der Waals surface area contributed by atoms with Crippen molar-refractivity contribution in [3.63, 3.8) is 0 Å². The zero-order valence-corrected chi connectivity index (χ0v) is 21.8. The minimum atomic E-state index is -0.836. The Bertz CT molecular complexity index is 1280. The first-order valence-electron chi connectivity index (χ1n) is 12.7. The Balaban J connectivity index is 1.74. The highest BCUT2D eigenvalue weighted by molar-refractivity contribution is 5.92. The summed E-state index contributed by atoms with van der Waals surface area (Å²) in [6.07, 6.45) is 1.35. The molecule has 0 spiro atoms. The number of ether oxygens (including phenoxy) is 2. The van der Waals surface area contributed by atoms with E-state index in [1.807, 2.05) is 24.3 Å². The summed E-state index contributed by atoms with van der Waals surface area (Å²) in [7, 11) is 3.18. The minimum absolute atomic E-state index is 0.144. The van der Waals surface area contributed by atoms with Crippen LogP contribution in [0.1, 0.15) is 37.8 Å². The number of nitrogens with zero attached hydrogens (tertiary/aromatic N) is 4. The first-order chi connectivity index (χ1) is 18.3. The van der Waals surface area contributed by atoms with E-state index in [4.69, 9.17) is 9.47 Å². The minimum Gasteiger partial charge on any atom is -0.497 e. The molecule has 10 nitrogen and oxygen atoms in total. The Morgan fingerprint density at radius 1 is 0.763 bits per heavy atom. The highest BCUT2D eigenvalue weighted by atomic mass is 16.5. The third-order valence-corrected chi connectivity index (χ3v) is 9.25. The molecule has 0 unspecified atom stereocenters. The summed E-state index contributed by atoms with van der Waals surface area (Å²) in [6, 6.07) is 11.2. The van der Waals surface area contributed by atoms with Gasteiger partial charge in [-0.25, -0.2) is 0 Å². The number of fused-ring (bicyclic) bond motifs is 7. The van der Waals surface area contributed by atoms with Gasteiger partial charge in [0.1, 0.15) is 23.8 Å². The van der Waals surface area contributed by atoms with E-state index in [-0.39, 0.29) is 11.8 Å². The predicted octanol–water partition coefficient (Wildman–Crippen LogP) is 1.99. The van der Waals surface area contributed by atoms with Crippen molar-refractivity contribution in [2.75, 3.05) is 37.1 Å². The summed E-state index contributed by atoms with van der Waals surface area (Å²) in [5.41, 5.74) is 1.46. The molecule has 4 aliphatic rings. The van der Waals surface area contributed by atoms with E-state index in [1.54, 1.807) is 46.0 Å². The lowest BCUT2D eigenvalue weighted by Crippen LogP contribution is -2.64. The zero-order chi connectivity index (χ0) is 27.0. The molecule has 198 valence electrons. The van der Waals surface area contributed by atoms with Gasteiger partial charge >= 0.3 is 0 Å². The van der Waals surface area contributed by atoms with Crippen LogP contribution in [0, 0.1) is 0 Å². The van der Waals surface area contributed by atoms with Crippen LogP contribution in [0.2, 0.25) is 0 Å². The fraction of sp³-hybridized carbons (Fsp3) is 0.429. The standard InChI is InChI=1S/C28H30N4O6/c1-17(35)29-11-9-27(21-13-19(37-3)5-7-23(21)31(15-33)25(27)29)28-10-12-30(18(2)36)26(28)32(16-34)24-8-6-20(38-4)14-22(24)28/h5-8,13-16,25-26H,9-12H2,1-4H3/t25-,26+,27-,28+. The van der Waals surface area contributed by atoms with Crippen LogP contribution in [0.5, 0.6) is 11.5 Å². The Morgan fingerprint density at radius 3 is 1.47 bits per heavy atom. The molecule has 0 saturated carbocycles. The molecule has 6 rings (SSSR count). The first kappa shape index (κ1) is 24.3. The van der Waals surface area contributed by atoms with E-state index in [0.717, 1.165) is 23.9 Å². The molecule has 10 heteroatoms. The van der Waals surface area contributed by atoms with Crippen LogP contribution in [-0.2, 0) is 30.0 Å². The van der Waals surface area contributed by atoms with Crippen molar-refractivity contribution in [1.29, 1.82) is 0 Å². The number of hydrogen-bond donors (Lipinski definition) is 0. The second-order valence-electron chi connectivity index (χ2n) is 10.4. The van der Waals surface area contributed by atoms with Gasteiger partial charge in [-0.1, -0.05) is 0 Å². The molecule has 2 saturated heterocycles. The maximum absolute atomic E-state index is 13.0. The van der Waals surface area contributed by atoms with Gasteiger partial charge in [-0.15, -0.1) is 0 Å². The molecule has 4 heterocycles. The molecule has 0 N–H and O–H groups in total. The first-order valence-corrected chi connectivity index (χ1v) is 12.7. The zero-order valence-electron chi connectivity index (χ0n) is 21.8. The molecule has 2 aromatic rings. The van der Waals surface area contributed by atoms with Crippen molar-refractivity contribution in [2.24, 2.45) is 0 Å². The number of hydrogen-bond acceptors (Lipinski definition) is 6. The van der Waals surface area contributed by atoms with Crippen LogP contribution in [0.25, 0.3) is 0 Å². The molecular weight excluding hydrogens is 488 g/mol. The molecule has 4 aliphatic heterocycles. The van der Waals surface area contributed by atoms with Gasteiger partial charge in [0.2, 0.25) is 24.6 Å². The van der Waals surface area contributed by atoms with E-state index >= 15 is 0 Å². The average molecular weight is 519 g/mol. The lowest BCUT2D eigenvalue weighted by molar-refractivity contribution is -0.133. The molecule has 0 radical (unpaired) electrons. The van der Waals surface area contributed by atoms with Crippen LogP contribution in [0.3, 0.4) is 0 Å². The second-order valence-corrected chi connectivity index (χ2v) is 10.4. The summed E-state index contributed by atoms with van der Waals surface area (Å²) in [5.74, 6) is 0.964. The van der Waals surface area contributed by atoms with Gasteiger partial charge in [0.25, 0.3) is 0 Å². The molecule has 0 aliphatic carbocycles. The van der Waals surface area contributed by atoms with Crippen LogP contribution in [0.15, 0.2) is 36.4 Å². The highest BCUT2D eigenvalue weighted by Gasteiger charge is 2.75. The highest BCUT2D eigenvalue weighted by Crippen LogP contribution is 2.69. The molecule has 0 aromatic heterocycles. The van der Waals surface area contributed by atoms with Crippen LogP contribution in [-0.4, -0.2) is 74.1 Å². The Morgan fingerprint density at radius 2 is 1.16 bits per heavy atom. The lowest BCUT2D eigenvalue weighted by atomic mass is 9.55. The predicted molar refractivity (Wildman–Crippen MR) is 138 cm³/mol. The van der Waals surface area contributed by atoms with Gasteiger partial charge in [-0.2, -0.15) is 0 Å². The summed E-state index contributed by atoms with van der Waals surface area (Å²) in [4.78, 5) is 58.2. The van der Waals surface area contributed by atoms with Gasteiger partial charge < -0.3 is 19.3 Å². The number of amides is 4. The van der Waals surface area contributed by atoms with Crippen molar-refractivity contribution in [2.45, 2.75) is 49.9 Å². The van der Waals surface area contributed by atoms with E-state index in [1.165, 1.54) is 13.8 Å². The van der Waals surface area contributed by atoms with Crippen molar-refractivity contribution < 1.29 is 28.7 Å². The Kier molecular flexibility index (Phi) is 5.24. The smallest absolute Gasteiger partial charge is 0.221 e. The molecule has 4 atom stereocenters. The van der Waals surface area contributed by atoms with Crippen LogP contribution in [0.4, 0.5) is 11.4 Å². The molecule has 0 bridgehead atoms. The van der Waals surface area contributed by atoms with Crippen LogP contribution < -0.4 is 19.3 Å². The van der Waals surface area contributed by atoms with E-state index < -0.39 is 23.2 Å². The summed E-state index contributed by atoms with van der Waals surface area (Å²) in [5, 5.41) is 0. The number of benzene rings is 2. The van der Waals surface area contributed by atoms with Crippen molar-refractivity contribution >= 4 is 36.0 Å². The topological polar surface area (TPSA) is 99.7 Å². The SMILES string of the molecule is COc1ccc2c(c1)[C@@]1([C@@]34CCN(C(C)=O)[C@@H]3N(C=O)c3ccc(OC)cc34)CCN(C(C)=O)[C@H]1N2C=O. The molecule has 2 aromatic carbocycles. The normalized spacial score (nSPS) is 28.5. The van der Waals surface area contributed by atoms with Gasteiger partial charge in [-0.3, -0.25) is 29.0 Å².